The summed E-state index contributed by atoms with van der Waals surface area (Å²) in [5.41, 5.74) is 5.30. The summed E-state index contributed by atoms with van der Waals surface area (Å²) in [6.07, 6.45) is 0.143. The molecule has 4 aromatic rings. The standard InChI is InChI=1S/C27H26N4O2/c1-19-13-15-22(16-14-19)28-24(32)17-18-25(33)29-27-26(21-9-5-3-6-10-21)20(2)30-31(27)23-11-7-4-8-12-23/h3-16H,17-18H2,1-2H3,(H,28,32)(H,29,33). The van der Waals surface area contributed by atoms with Crippen LogP contribution >= 0.6 is 0 Å². The maximum Gasteiger partial charge on any atom is 0.226 e. The number of nitrogens with zero attached hydrogens (tertiary/aromatic N) is 2. The molecule has 6 heteroatoms. The van der Waals surface area contributed by atoms with E-state index in [0.29, 0.717) is 5.82 Å². The Kier molecular flexibility index (Phi) is 6.64. The predicted octanol–water partition coefficient (Wildman–Crippen LogP) is 5.51. The highest BCUT2D eigenvalue weighted by Gasteiger charge is 2.20. The molecule has 0 fully saturated rings. The average molecular weight is 439 g/mol. The predicted molar refractivity (Wildman–Crippen MR) is 131 cm³/mol. The minimum absolute atomic E-state index is 0.0605. The van der Waals surface area contributed by atoms with Crippen LogP contribution in [0.1, 0.15) is 24.1 Å². The van der Waals surface area contributed by atoms with Crippen molar-refractivity contribution < 1.29 is 9.59 Å². The number of aryl methyl sites for hydroxylation is 2. The molecule has 3 aromatic carbocycles. The normalized spacial score (nSPS) is 10.6. The summed E-state index contributed by atoms with van der Waals surface area (Å²) in [5, 5.41) is 10.5. The van der Waals surface area contributed by atoms with Crippen LogP contribution in [0.4, 0.5) is 11.5 Å². The fourth-order valence-corrected chi connectivity index (χ4v) is 3.63. The van der Waals surface area contributed by atoms with E-state index in [2.05, 4.69) is 10.6 Å². The second-order valence-corrected chi connectivity index (χ2v) is 7.88. The summed E-state index contributed by atoms with van der Waals surface area (Å²) in [5.74, 6) is 0.141. The van der Waals surface area contributed by atoms with Gasteiger partial charge in [-0.3, -0.25) is 9.59 Å². The minimum Gasteiger partial charge on any atom is -0.326 e. The molecule has 1 aromatic heterocycles. The van der Waals surface area contributed by atoms with Gasteiger partial charge in [0.15, 0.2) is 0 Å². The lowest BCUT2D eigenvalue weighted by molar-refractivity contribution is -0.121. The van der Waals surface area contributed by atoms with Gasteiger partial charge in [-0.2, -0.15) is 5.10 Å². The largest absolute Gasteiger partial charge is 0.326 e. The first-order chi connectivity index (χ1) is 16.0. The highest BCUT2D eigenvalue weighted by molar-refractivity contribution is 5.99. The second-order valence-electron chi connectivity index (χ2n) is 7.88. The third-order valence-electron chi connectivity index (χ3n) is 5.30. The Bertz CT molecular complexity index is 1250. The molecule has 6 nitrogen and oxygen atoms in total. The van der Waals surface area contributed by atoms with Crippen molar-refractivity contribution in [1.29, 1.82) is 0 Å². The smallest absolute Gasteiger partial charge is 0.226 e. The maximum atomic E-state index is 12.9. The van der Waals surface area contributed by atoms with Crippen molar-refractivity contribution >= 4 is 23.3 Å². The fraction of sp³-hybridized carbons (Fsp3) is 0.148. The molecule has 0 aliphatic carbocycles. The first-order valence-electron chi connectivity index (χ1n) is 10.9. The number of aromatic nitrogens is 2. The van der Waals surface area contributed by atoms with E-state index < -0.39 is 0 Å². The summed E-state index contributed by atoms with van der Waals surface area (Å²) >= 11 is 0. The zero-order chi connectivity index (χ0) is 23.2. The first kappa shape index (κ1) is 22.0. The number of carbonyl (C=O) groups is 2. The number of hydrogen-bond donors (Lipinski definition) is 2. The molecule has 0 saturated carbocycles. The lowest BCUT2D eigenvalue weighted by atomic mass is 10.1. The molecular formula is C27H26N4O2. The second kappa shape index (κ2) is 9.96. The van der Waals surface area contributed by atoms with Gasteiger partial charge in [-0.05, 0) is 43.7 Å². The van der Waals surface area contributed by atoms with Gasteiger partial charge in [0.1, 0.15) is 5.82 Å². The molecule has 0 unspecified atom stereocenters. The third-order valence-corrected chi connectivity index (χ3v) is 5.30. The fourth-order valence-electron chi connectivity index (χ4n) is 3.63. The highest BCUT2D eigenvalue weighted by atomic mass is 16.2. The van der Waals surface area contributed by atoms with E-state index in [-0.39, 0.29) is 24.7 Å². The SMILES string of the molecule is Cc1ccc(NC(=O)CCC(=O)Nc2c(-c3ccccc3)c(C)nn2-c2ccccc2)cc1. The Morgan fingerprint density at radius 2 is 1.33 bits per heavy atom. The number of carbonyl (C=O) groups excluding carboxylic acids is 2. The Hall–Kier alpha value is -4.19. The van der Waals surface area contributed by atoms with Gasteiger partial charge >= 0.3 is 0 Å². The molecule has 0 saturated heterocycles. The van der Waals surface area contributed by atoms with E-state index in [1.165, 1.54) is 0 Å². The van der Waals surface area contributed by atoms with Crippen molar-refractivity contribution in [1.82, 2.24) is 9.78 Å². The van der Waals surface area contributed by atoms with Crippen molar-refractivity contribution in [2.45, 2.75) is 26.7 Å². The highest BCUT2D eigenvalue weighted by Crippen LogP contribution is 2.33. The van der Waals surface area contributed by atoms with Gasteiger partial charge in [-0.25, -0.2) is 4.68 Å². The summed E-state index contributed by atoms with van der Waals surface area (Å²) in [6.45, 7) is 3.91. The Balaban J connectivity index is 1.53. The molecule has 0 spiro atoms. The molecule has 2 amide bonds. The molecule has 0 radical (unpaired) electrons. The van der Waals surface area contributed by atoms with Crippen LogP contribution in [0.25, 0.3) is 16.8 Å². The van der Waals surface area contributed by atoms with E-state index in [4.69, 9.17) is 5.10 Å². The number of rotatable bonds is 7. The maximum absolute atomic E-state index is 12.9. The van der Waals surface area contributed by atoms with E-state index in [1.54, 1.807) is 4.68 Å². The van der Waals surface area contributed by atoms with Crippen molar-refractivity contribution in [2.75, 3.05) is 10.6 Å². The van der Waals surface area contributed by atoms with Crippen LogP contribution in [0.2, 0.25) is 0 Å². The van der Waals surface area contributed by atoms with E-state index in [1.807, 2.05) is 98.8 Å². The minimum atomic E-state index is -0.247. The molecule has 1 heterocycles. The Morgan fingerprint density at radius 3 is 1.97 bits per heavy atom. The van der Waals surface area contributed by atoms with Crippen molar-refractivity contribution in [3.05, 3.63) is 96.2 Å². The Labute approximate surface area is 193 Å². The van der Waals surface area contributed by atoms with E-state index >= 15 is 0 Å². The Morgan fingerprint density at radius 1 is 0.758 bits per heavy atom. The zero-order valence-electron chi connectivity index (χ0n) is 18.7. The number of para-hydroxylation sites is 1. The van der Waals surface area contributed by atoms with Gasteiger partial charge < -0.3 is 10.6 Å². The number of anilines is 2. The molecule has 2 N–H and O–H groups in total. The molecule has 0 atom stereocenters. The summed E-state index contributed by atoms with van der Waals surface area (Å²) < 4.78 is 1.74. The van der Waals surface area contributed by atoms with Crippen LogP contribution in [0.15, 0.2) is 84.9 Å². The number of nitrogens with one attached hydrogen (secondary N) is 2. The van der Waals surface area contributed by atoms with Gasteiger partial charge in [0.2, 0.25) is 11.8 Å². The van der Waals surface area contributed by atoms with Crippen LogP contribution in [0.3, 0.4) is 0 Å². The van der Waals surface area contributed by atoms with Gasteiger partial charge in [0.25, 0.3) is 0 Å². The summed E-state index contributed by atoms with van der Waals surface area (Å²) in [7, 11) is 0. The van der Waals surface area contributed by atoms with E-state index in [9.17, 15) is 9.59 Å². The quantitative estimate of drug-likeness (QED) is 0.399. The third kappa shape index (κ3) is 5.36. The molecule has 0 aliphatic rings. The van der Waals surface area contributed by atoms with E-state index in [0.717, 1.165) is 33.8 Å². The summed E-state index contributed by atoms with van der Waals surface area (Å²) in [6, 6.07) is 27.1. The topological polar surface area (TPSA) is 76.0 Å². The first-order valence-corrected chi connectivity index (χ1v) is 10.9. The van der Waals surface area contributed by atoms with Crippen molar-refractivity contribution in [3.63, 3.8) is 0 Å². The van der Waals surface area contributed by atoms with Crippen LogP contribution in [0, 0.1) is 13.8 Å². The molecule has 4 rings (SSSR count). The van der Waals surface area contributed by atoms with Gasteiger partial charge in [0.05, 0.1) is 11.4 Å². The lowest BCUT2D eigenvalue weighted by Crippen LogP contribution is -2.19. The molecular weight excluding hydrogens is 412 g/mol. The van der Waals surface area contributed by atoms with Gasteiger partial charge in [0, 0.05) is 24.1 Å². The lowest BCUT2D eigenvalue weighted by Gasteiger charge is -2.12. The van der Waals surface area contributed by atoms with Gasteiger partial charge in [-0.1, -0.05) is 66.2 Å². The van der Waals surface area contributed by atoms with Gasteiger partial charge in [-0.15, -0.1) is 0 Å². The molecule has 166 valence electrons. The number of benzene rings is 3. The van der Waals surface area contributed by atoms with Crippen molar-refractivity contribution in [2.24, 2.45) is 0 Å². The van der Waals surface area contributed by atoms with Crippen LogP contribution < -0.4 is 10.6 Å². The molecule has 0 aliphatic heterocycles. The summed E-state index contributed by atoms with van der Waals surface area (Å²) in [4.78, 5) is 25.2. The van der Waals surface area contributed by atoms with Crippen LogP contribution in [0.5, 0.6) is 0 Å². The van der Waals surface area contributed by atoms with Crippen LogP contribution in [-0.2, 0) is 9.59 Å². The van der Waals surface area contributed by atoms with Crippen molar-refractivity contribution in [3.8, 4) is 16.8 Å². The average Bonchev–Trinajstić information content (AvgIpc) is 3.16. The molecule has 33 heavy (non-hydrogen) atoms. The van der Waals surface area contributed by atoms with Crippen LogP contribution in [-0.4, -0.2) is 21.6 Å². The zero-order valence-corrected chi connectivity index (χ0v) is 18.7. The monoisotopic (exact) mass is 438 g/mol. The molecule has 0 bridgehead atoms. The number of hydrogen-bond acceptors (Lipinski definition) is 3. The number of amides is 2.